The van der Waals surface area contributed by atoms with Gasteiger partial charge >= 0.3 is 0 Å². The van der Waals surface area contributed by atoms with Crippen LogP contribution in [0.4, 0.5) is 0 Å². The molecule has 1 unspecified atom stereocenters. The van der Waals surface area contributed by atoms with Crippen LogP contribution in [0.2, 0.25) is 0 Å². The summed E-state index contributed by atoms with van der Waals surface area (Å²) in [5, 5.41) is 0.199. The molecule has 0 aliphatic heterocycles. The van der Waals surface area contributed by atoms with Gasteiger partial charge < -0.3 is 0 Å². The largest absolute Gasteiger partial charge is 0.119 e. The van der Waals surface area contributed by atoms with E-state index in [1.807, 2.05) is 6.92 Å². The van der Waals surface area contributed by atoms with E-state index in [1.54, 1.807) is 0 Å². The lowest BCUT2D eigenvalue weighted by atomic mass is 9.91. The third kappa shape index (κ3) is 5.36. The molecule has 0 saturated heterocycles. The Labute approximate surface area is 87.4 Å². The van der Waals surface area contributed by atoms with Gasteiger partial charge in [0, 0.05) is 5.38 Å². The number of alkyl halides is 1. The minimum atomic E-state index is 0.199. The highest BCUT2D eigenvalue weighted by molar-refractivity contribution is 6.21. The highest BCUT2D eigenvalue weighted by Gasteiger charge is 2.07. The molecule has 0 aromatic carbocycles. The Bertz CT molecular complexity index is 141. The van der Waals surface area contributed by atoms with Crippen LogP contribution in [0.3, 0.4) is 0 Å². The zero-order valence-corrected chi connectivity index (χ0v) is 9.39. The predicted molar refractivity (Wildman–Crippen MR) is 60.3 cm³/mol. The van der Waals surface area contributed by atoms with Crippen molar-refractivity contribution in [2.24, 2.45) is 5.92 Å². The normalized spacial score (nSPS) is 24.2. The second-order valence-corrected chi connectivity index (χ2v) is 4.86. The minimum Gasteiger partial charge on any atom is -0.119 e. The monoisotopic (exact) mass is 200 g/mol. The van der Waals surface area contributed by atoms with Crippen LogP contribution in [-0.2, 0) is 0 Å². The fraction of sp³-hybridized carbons (Fsp3) is 0.833. The van der Waals surface area contributed by atoms with Crippen LogP contribution in [0.15, 0.2) is 12.2 Å². The molecule has 0 amide bonds. The molecule has 0 radical (unpaired) electrons. The molecule has 0 bridgehead atoms. The Hall–Kier alpha value is 0.0300. The Morgan fingerprint density at radius 2 is 1.62 bits per heavy atom. The molecule has 0 spiro atoms. The van der Waals surface area contributed by atoms with E-state index in [2.05, 4.69) is 12.2 Å². The highest BCUT2D eigenvalue weighted by Crippen LogP contribution is 2.23. The Morgan fingerprint density at radius 1 is 1.08 bits per heavy atom. The van der Waals surface area contributed by atoms with Crippen LogP contribution < -0.4 is 0 Å². The number of rotatable bonds is 2. The first-order chi connectivity index (χ1) is 6.29. The van der Waals surface area contributed by atoms with Crippen molar-refractivity contribution >= 4 is 11.6 Å². The topological polar surface area (TPSA) is 0 Å². The maximum absolute atomic E-state index is 5.88. The summed E-state index contributed by atoms with van der Waals surface area (Å²) < 4.78 is 0. The van der Waals surface area contributed by atoms with Crippen molar-refractivity contribution in [3.8, 4) is 0 Å². The zero-order valence-electron chi connectivity index (χ0n) is 8.64. The van der Waals surface area contributed by atoms with Gasteiger partial charge in [-0.05, 0) is 25.7 Å². The second kappa shape index (κ2) is 6.48. The summed E-state index contributed by atoms with van der Waals surface area (Å²) in [7, 11) is 0. The van der Waals surface area contributed by atoms with Crippen LogP contribution in [0.25, 0.3) is 0 Å². The Balaban J connectivity index is 2.29. The maximum Gasteiger partial charge on any atom is 0.0487 e. The molecule has 0 nitrogen and oxygen atoms in total. The molecule has 13 heavy (non-hydrogen) atoms. The van der Waals surface area contributed by atoms with Crippen molar-refractivity contribution in [3.63, 3.8) is 0 Å². The number of hydrogen-bond acceptors (Lipinski definition) is 0. The molecule has 1 rings (SSSR count). The van der Waals surface area contributed by atoms with E-state index in [0.717, 1.165) is 5.92 Å². The first-order valence-electron chi connectivity index (χ1n) is 5.61. The quantitative estimate of drug-likeness (QED) is 0.454. The highest BCUT2D eigenvalue weighted by atomic mass is 35.5. The van der Waals surface area contributed by atoms with Gasteiger partial charge in [0.1, 0.15) is 0 Å². The van der Waals surface area contributed by atoms with Gasteiger partial charge in [0.15, 0.2) is 0 Å². The second-order valence-electron chi connectivity index (χ2n) is 4.17. The van der Waals surface area contributed by atoms with Crippen molar-refractivity contribution < 1.29 is 0 Å². The van der Waals surface area contributed by atoms with Crippen LogP contribution >= 0.6 is 11.6 Å². The van der Waals surface area contributed by atoms with Crippen LogP contribution in [-0.4, -0.2) is 5.38 Å². The summed E-state index contributed by atoms with van der Waals surface area (Å²) in [5.74, 6) is 0.807. The van der Waals surface area contributed by atoms with Crippen molar-refractivity contribution in [2.45, 2.75) is 57.2 Å². The molecule has 76 valence electrons. The summed E-state index contributed by atoms with van der Waals surface area (Å²) in [4.78, 5) is 0. The van der Waals surface area contributed by atoms with Crippen LogP contribution in [0, 0.1) is 5.92 Å². The SMILES string of the molecule is CC(Cl)/C=C/C1CCCCCCC1. The van der Waals surface area contributed by atoms with Crippen molar-refractivity contribution in [2.75, 3.05) is 0 Å². The molecule has 0 aromatic rings. The molecular weight excluding hydrogens is 180 g/mol. The van der Waals surface area contributed by atoms with E-state index in [9.17, 15) is 0 Å². The van der Waals surface area contributed by atoms with Crippen molar-refractivity contribution in [1.82, 2.24) is 0 Å². The van der Waals surface area contributed by atoms with Crippen LogP contribution in [0.1, 0.15) is 51.9 Å². The first kappa shape index (κ1) is 11.1. The lowest BCUT2D eigenvalue weighted by molar-refractivity contribution is 0.434. The first-order valence-corrected chi connectivity index (χ1v) is 6.05. The molecule has 1 fully saturated rings. The minimum absolute atomic E-state index is 0.199. The fourth-order valence-corrected chi connectivity index (χ4v) is 2.07. The van der Waals surface area contributed by atoms with Gasteiger partial charge in [-0.1, -0.05) is 44.3 Å². The third-order valence-corrected chi connectivity index (χ3v) is 2.94. The van der Waals surface area contributed by atoms with Gasteiger partial charge in [-0.3, -0.25) is 0 Å². The lowest BCUT2D eigenvalue weighted by Crippen LogP contribution is -2.01. The Kier molecular flexibility index (Phi) is 5.54. The average Bonchev–Trinajstić information content (AvgIpc) is 2.01. The van der Waals surface area contributed by atoms with E-state index in [-0.39, 0.29) is 5.38 Å². The summed E-state index contributed by atoms with van der Waals surface area (Å²) in [6, 6.07) is 0. The standard InChI is InChI=1S/C12H21Cl/c1-11(13)9-10-12-7-5-3-2-4-6-8-12/h9-12H,2-8H2,1H3/b10-9+. The van der Waals surface area contributed by atoms with Gasteiger partial charge in [-0.25, -0.2) is 0 Å². The van der Waals surface area contributed by atoms with E-state index >= 15 is 0 Å². The van der Waals surface area contributed by atoms with E-state index < -0.39 is 0 Å². The zero-order chi connectivity index (χ0) is 9.52. The van der Waals surface area contributed by atoms with Gasteiger partial charge in [-0.2, -0.15) is 0 Å². The van der Waals surface area contributed by atoms with Crippen molar-refractivity contribution in [3.05, 3.63) is 12.2 Å². The molecule has 1 heteroatoms. The smallest absolute Gasteiger partial charge is 0.0487 e. The summed E-state index contributed by atoms with van der Waals surface area (Å²) in [5.41, 5.74) is 0. The summed E-state index contributed by atoms with van der Waals surface area (Å²) in [6.07, 6.45) is 14.4. The lowest BCUT2D eigenvalue weighted by Gasteiger charge is -2.16. The maximum atomic E-state index is 5.88. The van der Waals surface area contributed by atoms with E-state index in [4.69, 9.17) is 11.6 Å². The molecule has 1 aliphatic carbocycles. The third-order valence-electron chi connectivity index (χ3n) is 2.80. The van der Waals surface area contributed by atoms with Gasteiger partial charge in [0.2, 0.25) is 0 Å². The van der Waals surface area contributed by atoms with Crippen molar-refractivity contribution in [1.29, 1.82) is 0 Å². The Morgan fingerprint density at radius 3 is 2.15 bits per heavy atom. The number of allylic oxidation sites excluding steroid dienone is 2. The summed E-state index contributed by atoms with van der Waals surface area (Å²) in [6.45, 7) is 2.03. The summed E-state index contributed by atoms with van der Waals surface area (Å²) >= 11 is 5.88. The molecular formula is C12H21Cl. The van der Waals surface area contributed by atoms with Gasteiger partial charge in [0.05, 0.1) is 0 Å². The predicted octanol–water partition coefficient (Wildman–Crippen LogP) is 4.53. The van der Waals surface area contributed by atoms with Gasteiger partial charge in [-0.15, -0.1) is 11.6 Å². The number of hydrogen-bond donors (Lipinski definition) is 0. The van der Waals surface area contributed by atoms with Gasteiger partial charge in [0.25, 0.3) is 0 Å². The van der Waals surface area contributed by atoms with E-state index in [0.29, 0.717) is 0 Å². The van der Waals surface area contributed by atoms with Crippen LogP contribution in [0.5, 0.6) is 0 Å². The van der Waals surface area contributed by atoms with E-state index in [1.165, 1.54) is 44.9 Å². The molecule has 1 saturated carbocycles. The molecule has 1 atom stereocenters. The molecule has 1 aliphatic rings. The molecule has 0 N–H and O–H groups in total. The molecule has 0 aromatic heterocycles. The molecule has 0 heterocycles. The number of halogens is 1. The fourth-order valence-electron chi connectivity index (χ4n) is 1.99. The average molecular weight is 201 g/mol.